The molecule has 2 bridgehead atoms. The van der Waals surface area contributed by atoms with Crippen LogP contribution in [0.15, 0.2) is 23.3 Å². The van der Waals surface area contributed by atoms with Gasteiger partial charge in [-0.15, -0.1) is 0 Å². The lowest BCUT2D eigenvalue weighted by Crippen LogP contribution is -2.65. The number of ketones is 2. The summed E-state index contributed by atoms with van der Waals surface area (Å²) in [7, 11) is 1.63. The Morgan fingerprint density at radius 3 is 2.50 bits per heavy atom. The van der Waals surface area contributed by atoms with Gasteiger partial charge in [-0.25, -0.2) is 0 Å². The summed E-state index contributed by atoms with van der Waals surface area (Å²) in [6.07, 6.45) is 0.415. The lowest BCUT2D eigenvalue weighted by atomic mass is 9.46. The number of carbonyl (C=O) groups excluding carboxylic acids is 2. The Bertz CT molecular complexity index is 915. The van der Waals surface area contributed by atoms with Crippen LogP contribution < -0.4 is 0 Å². The van der Waals surface area contributed by atoms with Gasteiger partial charge in [0.1, 0.15) is 24.4 Å². The molecule has 11 atom stereocenters. The fourth-order valence-electron chi connectivity index (χ4n) is 6.90. The first kappa shape index (κ1) is 19.3. The molecule has 0 radical (unpaired) electrons. The molecule has 0 aromatic heterocycles. The maximum Gasteiger partial charge on any atom is 0.190 e. The molecule has 7 nitrogen and oxygen atoms in total. The van der Waals surface area contributed by atoms with Crippen molar-refractivity contribution in [1.82, 2.24) is 0 Å². The predicted octanol–water partition coefficient (Wildman–Crippen LogP) is 0.981. The standard InChI is InChI=1S/C23H28O7/c1-8(2)6-11-23-10(22(3,4)27-5)7-9-12(15(25)18-17(29-18)14(9)24)13(23)16(28-11)19-20(30-19)21(23)26/h6-7,10-13,15-20,25H,1-5H3/t10-,11+,12?,13?,15+,16+,17-,18-,19-,20?,23-/m1/s1. The summed E-state index contributed by atoms with van der Waals surface area (Å²) in [6, 6.07) is 0. The highest BCUT2D eigenvalue weighted by Gasteiger charge is 2.81. The average Bonchev–Trinajstić information content (AvgIpc) is 3.59. The van der Waals surface area contributed by atoms with Gasteiger partial charge in [-0.2, -0.15) is 0 Å². The number of hydrogen-bond donors (Lipinski definition) is 1. The number of rotatable bonds is 3. The van der Waals surface area contributed by atoms with Crippen LogP contribution in [0.3, 0.4) is 0 Å². The maximum atomic E-state index is 14.0. The normalized spacial score (nSPS) is 52.5. The fraction of sp³-hybridized carbons (Fsp3) is 0.739. The van der Waals surface area contributed by atoms with Gasteiger partial charge in [0.05, 0.1) is 29.3 Å². The van der Waals surface area contributed by atoms with E-state index in [9.17, 15) is 14.7 Å². The van der Waals surface area contributed by atoms with Gasteiger partial charge in [0.2, 0.25) is 0 Å². The van der Waals surface area contributed by atoms with Crippen LogP contribution in [0.2, 0.25) is 0 Å². The van der Waals surface area contributed by atoms with Crippen molar-refractivity contribution in [1.29, 1.82) is 0 Å². The number of methoxy groups -OCH3 is 1. The molecule has 3 aliphatic heterocycles. The molecule has 2 saturated carbocycles. The zero-order chi connectivity index (χ0) is 21.3. The topological polar surface area (TPSA) is 97.9 Å². The quantitative estimate of drug-likeness (QED) is 0.541. The van der Waals surface area contributed by atoms with Crippen LogP contribution >= 0.6 is 0 Å². The van der Waals surface area contributed by atoms with Crippen LogP contribution in [0, 0.1) is 23.2 Å². The molecule has 162 valence electrons. The molecule has 0 amide bonds. The molecule has 0 aromatic rings. The van der Waals surface area contributed by atoms with Crippen molar-refractivity contribution in [3.05, 3.63) is 23.3 Å². The van der Waals surface area contributed by atoms with Crippen LogP contribution in [0.1, 0.15) is 27.7 Å². The summed E-state index contributed by atoms with van der Waals surface area (Å²) >= 11 is 0. The first-order valence-electron chi connectivity index (χ1n) is 10.8. The van der Waals surface area contributed by atoms with Gasteiger partial charge in [0.15, 0.2) is 11.6 Å². The number of ether oxygens (including phenoxy) is 4. The van der Waals surface area contributed by atoms with E-state index in [2.05, 4.69) is 0 Å². The largest absolute Gasteiger partial charge is 0.390 e. The van der Waals surface area contributed by atoms with Crippen molar-refractivity contribution in [2.45, 2.75) is 76.0 Å². The Kier molecular flexibility index (Phi) is 3.67. The average molecular weight is 416 g/mol. The predicted molar refractivity (Wildman–Crippen MR) is 104 cm³/mol. The Balaban J connectivity index is 1.62. The summed E-state index contributed by atoms with van der Waals surface area (Å²) in [6.45, 7) is 7.87. The Morgan fingerprint density at radius 2 is 1.83 bits per heavy atom. The molecule has 0 spiro atoms. The molecule has 3 aliphatic carbocycles. The zero-order valence-corrected chi connectivity index (χ0v) is 17.8. The Morgan fingerprint density at radius 1 is 1.13 bits per heavy atom. The highest BCUT2D eigenvalue weighted by molar-refractivity contribution is 6.04. The molecule has 3 unspecified atom stereocenters. The van der Waals surface area contributed by atoms with E-state index in [0.29, 0.717) is 5.57 Å². The Hall–Kier alpha value is -1.38. The van der Waals surface area contributed by atoms with Gasteiger partial charge < -0.3 is 24.1 Å². The van der Waals surface area contributed by atoms with Crippen LogP contribution in [-0.2, 0) is 28.5 Å². The lowest BCUT2D eigenvalue weighted by Gasteiger charge is -2.55. The fourth-order valence-corrected chi connectivity index (χ4v) is 6.90. The third kappa shape index (κ3) is 2.08. The third-order valence-electron chi connectivity index (χ3n) is 8.35. The molecule has 6 aliphatic rings. The summed E-state index contributed by atoms with van der Waals surface area (Å²) < 4.78 is 23.7. The van der Waals surface area contributed by atoms with E-state index in [4.69, 9.17) is 18.9 Å². The van der Waals surface area contributed by atoms with Crippen LogP contribution in [-0.4, -0.2) is 72.1 Å². The minimum atomic E-state index is -0.962. The summed E-state index contributed by atoms with van der Waals surface area (Å²) in [5.74, 6) is -1.33. The van der Waals surface area contributed by atoms with Crippen molar-refractivity contribution >= 4 is 11.6 Å². The molecule has 30 heavy (non-hydrogen) atoms. The Labute approximate surface area is 175 Å². The van der Waals surface area contributed by atoms with E-state index in [1.807, 2.05) is 39.8 Å². The smallest absolute Gasteiger partial charge is 0.190 e. The van der Waals surface area contributed by atoms with Crippen molar-refractivity contribution in [2.24, 2.45) is 23.2 Å². The summed E-state index contributed by atoms with van der Waals surface area (Å²) in [5, 5.41) is 11.2. The molecule has 3 heterocycles. The van der Waals surface area contributed by atoms with Gasteiger partial charge in [-0.05, 0) is 27.7 Å². The van der Waals surface area contributed by atoms with Crippen LogP contribution in [0.5, 0.6) is 0 Å². The van der Waals surface area contributed by atoms with Crippen molar-refractivity contribution in [2.75, 3.05) is 7.11 Å². The first-order valence-corrected chi connectivity index (χ1v) is 10.8. The third-order valence-corrected chi connectivity index (χ3v) is 8.35. The molecule has 5 fully saturated rings. The zero-order valence-electron chi connectivity index (χ0n) is 17.8. The number of aliphatic hydroxyl groups excluding tert-OH is 1. The molecule has 3 saturated heterocycles. The number of Topliss-reactive ketones (excluding diaryl/α,β-unsaturated/α-hetero) is 2. The molecule has 1 N–H and O–H groups in total. The second-order valence-corrected chi connectivity index (χ2v) is 10.4. The van der Waals surface area contributed by atoms with E-state index in [-0.39, 0.29) is 29.7 Å². The first-order chi connectivity index (χ1) is 14.1. The van der Waals surface area contributed by atoms with Gasteiger partial charge in [0.25, 0.3) is 0 Å². The van der Waals surface area contributed by atoms with Gasteiger partial charge in [0, 0.05) is 30.4 Å². The minimum absolute atomic E-state index is 0.0117. The highest BCUT2D eigenvalue weighted by atomic mass is 16.6. The molecule has 7 heteroatoms. The van der Waals surface area contributed by atoms with E-state index < -0.39 is 53.4 Å². The van der Waals surface area contributed by atoms with E-state index in [1.165, 1.54) is 0 Å². The molecular weight excluding hydrogens is 388 g/mol. The summed E-state index contributed by atoms with van der Waals surface area (Å²) in [5.41, 5.74) is -0.0736. The monoisotopic (exact) mass is 416 g/mol. The number of hydrogen-bond acceptors (Lipinski definition) is 7. The SMILES string of the molecule is COC(C)(C)[C@H]1C=C2C(=O)[C@H]3O[C@@H]3[C@@H](O)C2C2[C@@H]3O[C@@H](C=C(C)C)[C@@]21C(=O)C1O[C@@H]13. The minimum Gasteiger partial charge on any atom is -0.390 e. The van der Waals surface area contributed by atoms with Crippen LogP contribution in [0.4, 0.5) is 0 Å². The maximum absolute atomic E-state index is 14.0. The van der Waals surface area contributed by atoms with Gasteiger partial charge in [-0.3, -0.25) is 9.59 Å². The molecule has 0 aromatic carbocycles. The van der Waals surface area contributed by atoms with Gasteiger partial charge >= 0.3 is 0 Å². The number of carbonyl (C=O) groups is 2. The number of fused-ring (bicyclic) bond motifs is 4. The van der Waals surface area contributed by atoms with Gasteiger partial charge in [-0.1, -0.05) is 17.7 Å². The second-order valence-electron chi connectivity index (χ2n) is 10.4. The molecule has 6 rings (SSSR count). The number of allylic oxidation sites excluding steroid dienone is 1. The second kappa shape index (κ2) is 5.70. The molecular formula is C23H28O7. The van der Waals surface area contributed by atoms with Crippen molar-refractivity contribution in [3.63, 3.8) is 0 Å². The van der Waals surface area contributed by atoms with E-state index in [1.54, 1.807) is 7.11 Å². The summed E-state index contributed by atoms with van der Waals surface area (Å²) in [4.78, 5) is 27.1. The highest BCUT2D eigenvalue weighted by Crippen LogP contribution is 2.69. The number of epoxide rings is 2. The van der Waals surface area contributed by atoms with E-state index >= 15 is 0 Å². The lowest BCUT2D eigenvalue weighted by molar-refractivity contribution is -0.155. The van der Waals surface area contributed by atoms with Crippen molar-refractivity contribution < 1.29 is 33.6 Å². The van der Waals surface area contributed by atoms with Crippen LogP contribution in [0.25, 0.3) is 0 Å². The van der Waals surface area contributed by atoms with Crippen molar-refractivity contribution in [3.8, 4) is 0 Å². The van der Waals surface area contributed by atoms with E-state index in [0.717, 1.165) is 5.57 Å². The number of aliphatic hydroxyl groups is 1.